The maximum atomic E-state index is 12.6. The van der Waals surface area contributed by atoms with Crippen LogP contribution < -0.4 is 5.32 Å². The Kier molecular flexibility index (Phi) is 4.99. The summed E-state index contributed by atoms with van der Waals surface area (Å²) in [4.78, 5) is 21.2. The van der Waals surface area contributed by atoms with Gasteiger partial charge in [0.2, 0.25) is 0 Å². The first kappa shape index (κ1) is 17.7. The summed E-state index contributed by atoms with van der Waals surface area (Å²) in [7, 11) is 4.05. The third kappa shape index (κ3) is 3.95. The Morgan fingerprint density at radius 1 is 1.40 bits per heavy atom. The molecule has 0 bridgehead atoms. The van der Waals surface area contributed by atoms with E-state index in [0.717, 1.165) is 36.4 Å². The number of rotatable bonds is 4. The standard InChI is InChI=1S/C19H28N4O2/c1-19(2,22(3)4)13-20-18(24)23-11-7-8-14(12-23)17-21-15-9-5-6-10-16(15)25-17/h5-6,9-10,14H,7-8,11-13H2,1-4H3,(H,20,24). The Bertz CT molecular complexity index is 705. The summed E-state index contributed by atoms with van der Waals surface area (Å²) in [6, 6.07) is 7.80. The fourth-order valence-corrected chi connectivity index (χ4v) is 2.99. The van der Waals surface area contributed by atoms with Crippen molar-refractivity contribution in [1.29, 1.82) is 0 Å². The molecule has 6 heteroatoms. The average molecular weight is 344 g/mol. The number of fused-ring (bicyclic) bond motifs is 1. The van der Waals surface area contributed by atoms with Gasteiger partial charge in [0.25, 0.3) is 0 Å². The SMILES string of the molecule is CN(C)C(C)(C)CNC(=O)N1CCCC(c2nc3ccccc3o2)C1. The molecular formula is C19H28N4O2. The second-order valence-corrected chi connectivity index (χ2v) is 7.67. The van der Waals surface area contributed by atoms with Crippen LogP contribution in [0.25, 0.3) is 11.1 Å². The van der Waals surface area contributed by atoms with Crippen LogP contribution in [0.3, 0.4) is 0 Å². The van der Waals surface area contributed by atoms with Gasteiger partial charge in [0, 0.05) is 25.2 Å². The van der Waals surface area contributed by atoms with E-state index in [9.17, 15) is 4.79 Å². The van der Waals surface area contributed by atoms with E-state index in [1.165, 1.54) is 0 Å². The van der Waals surface area contributed by atoms with Crippen LogP contribution in [-0.4, -0.2) is 60.1 Å². The van der Waals surface area contributed by atoms with Crippen LogP contribution in [0.1, 0.15) is 38.5 Å². The molecule has 1 aliphatic rings. The van der Waals surface area contributed by atoms with Crippen LogP contribution in [-0.2, 0) is 0 Å². The lowest BCUT2D eigenvalue weighted by atomic mass is 9.98. The van der Waals surface area contributed by atoms with Gasteiger partial charge in [-0.1, -0.05) is 12.1 Å². The largest absolute Gasteiger partial charge is 0.440 e. The second kappa shape index (κ2) is 7.04. The van der Waals surface area contributed by atoms with E-state index in [2.05, 4.69) is 29.0 Å². The van der Waals surface area contributed by atoms with Crippen LogP contribution in [0, 0.1) is 0 Å². The molecule has 1 aromatic heterocycles. The number of carbonyl (C=O) groups excluding carboxylic acids is 1. The molecule has 2 aromatic rings. The molecule has 1 unspecified atom stereocenters. The van der Waals surface area contributed by atoms with Gasteiger partial charge in [-0.15, -0.1) is 0 Å². The molecule has 0 spiro atoms. The number of aromatic nitrogens is 1. The Hall–Kier alpha value is -2.08. The van der Waals surface area contributed by atoms with Gasteiger partial charge < -0.3 is 19.5 Å². The van der Waals surface area contributed by atoms with Crippen LogP contribution in [0.15, 0.2) is 28.7 Å². The molecule has 136 valence electrons. The third-order valence-electron chi connectivity index (χ3n) is 5.25. The smallest absolute Gasteiger partial charge is 0.317 e. The molecule has 1 atom stereocenters. The molecule has 1 fully saturated rings. The molecule has 0 radical (unpaired) electrons. The number of hydrogen-bond donors (Lipinski definition) is 1. The van der Waals surface area contributed by atoms with E-state index in [-0.39, 0.29) is 17.5 Å². The molecule has 0 saturated carbocycles. The van der Waals surface area contributed by atoms with Gasteiger partial charge >= 0.3 is 6.03 Å². The Morgan fingerprint density at radius 2 is 2.16 bits per heavy atom. The quantitative estimate of drug-likeness (QED) is 0.926. The summed E-state index contributed by atoms with van der Waals surface area (Å²) < 4.78 is 5.91. The van der Waals surface area contributed by atoms with Crippen LogP contribution >= 0.6 is 0 Å². The van der Waals surface area contributed by atoms with Gasteiger partial charge in [-0.3, -0.25) is 0 Å². The Labute approximate surface area is 149 Å². The number of likely N-dealkylation sites (tertiary alicyclic amines) is 1. The molecule has 2 amide bonds. The lowest BCUT2D eigenvalue weighted by Gasteiger charge is -2.35. The van der Waals surface area contributed by atoms with E-state index in [1.54, 1.807) is 0 Å². The molecule has 1 saturated heterocycles. The minimum Gasteiger partial charge on any atom is -0.440 e. The highest BCUT2D eigenvalue weighted by molar-refractivity contribution is 5.74. The summed E-state index contributed by atoms with van der Waals surface area (Å²) >= 11 is 0. The van der Waals surface area contributed by atoms with Gasteiger partial charge in [0.1, 0.15) is 5.52 Å². The van der Waals surface area contributed by atoms with E-state index in [1.807, 2.05) is 43.3 Å². The number of para-hydroxylation sites is 2. The normalized spacial score (nSPS) is 18.8. The van der Waals surface area contributed by atoms with Crippen molar-refractivity contribution in [3.63, 3.8) is 0 Å². The van der Waals surface area contributed by atoms with Crippen molar-refractivity contribution in [3.8, 4) is 0 Å². The predicted octanol–water partition coefficient (Wildman–Crippen LogP) is 3.06. The van der Waals surface area contributed by atoms with Crippen molar-refractivity contribution in [2.45, 2.75) is 38.1 Å². The number of nitrogens with one attached hydrogen (secondary N) is 1. The zero-order valence-electron chi connectivity index (χ0n) is 15.6. The van der Waals surface area contributed by atoms with Gasteiger partial charge in [0.05, 0.1) is 5.92 Å². The monoisotopic (exact) mass is 344 g/mol. The summed E-state index contributed by atoms with van der Waals surface area (Å²) in [5.41, 5.74) is 1.61. The number of urea groups is 1. The number of carbonyl (C=O) groups is 1. The molecule has 2 heterocycles. The lowest BCUT2D eigenvalue weighted by molar-refractivity contribution is 0.157. The minimum absolute atomic E-state index is 0.00395. The maximum absolute atomic E-state index is 12.6. The topological polar surface area (TPSA) is 61.6 Å². The zero-order chi connectivity index (χ0) is 18.0. The minimum atomic E-state index is -0.0782. The van der Waals surface area contributed by atoms with E-state index in [4.69, 9.17) is 4.42 Å². The highest BCUT2D eigenvalue weighted by Gasteiger charge is 2.29. The molecule has 25 heavy (non-hydrogen) atoms. The fourth-order valence-electron chi connectivity index (χ4n) is 2.99. The van der Waals surface area contributed by atoms with Crippen LogP contribution in [0.4, 0.5) is 4.79 Å². The predicted molar refractivity (Wildman–Crippen MR) is 98.7 cm³/mol. The van der Waals surface area contributed by atoms with Gasteiger partial charge in [-0.05, 0) is 52.9 Å². The summed E-state index contributed by atoms with van der Waals surface area (Å²) in [6.07, 6.45) is 1.97. The molecule has 3 rings (SSSR count). The number of amides is 2. The number of likely N-dealkylation sites (N-methyl/N-ethyl adjacent to an activating group) is 1. The van der Waals surface area contributed by atoms with Gasteiger partial charge in [-0.25, -0.2) is 9.78 Å². The average Bonchev–Trinajstić information content (AvgIpc) is 3.04. The highest BCUT2D eigenvalue weighted by atomic mass is 16.3. The first-order valence-corrected chi connectivity index (χ1v) is 8.92. The van der Waals surface area contributed by atoms with Crippen molar-refractivity contribution in [2.24, 2.45) is 0 Å². The lowest BCUT2D eigenvalue weighted by Crippen LogP contribution is -2.52. The van der Waals surface area contributed by atoms with Crippen molar-refractivity contribution in [3.05, 3.63) is 30.2 Å². The summed E-state index contributed by atoms with van der Waals surface area (Å²) in [5, 5.41) is 3.07. The number of nitrogens with zero attached hydrogens (tertiary/aromatic N) is 3. The van der Waals surface area contributed by atoms with Crippen molar-refractivity contribution in [2.75, 3.05) is 33.7 Å². The second-order valence-electron chi connectivity index (χ2n) is 7.67. The Morgan fingerprint density at radius 3 is 2.88 bits per heavy atom. The van der Waals surface area contributed by atoms with Crippen LogP contribution in [0.5, 0.6) is 0 Å². The van der Waals surface area contributed by atoms with Gasteiger partial charge in [0.15, 0.2) is 11.5 Å². The van der Waals surface area contributed by atoms with Crippen molar-refractivity contribution < 1.29 is 9.21 Å². The molecule has 0 aliphatic carbocycles. The van der Waals surface area contributed by atoms with Crippen molar-refractivity contribution in [1.82, 2.24) is 20.1 Å². The van der Waals surface area contributed by atoms with Crippen molar-refractivity contribution >= 4 is 17.1 Å². The van der Waals surface area contributed by atoms with Gasteiger partial charge in [-0.2, -0.15) is 0 Å². The maximum Gasteiger partial charge on any atom is 0.317 e. The number of hydrogen-bond acceptors (Lipinski definition) is 4. The van der Waals surface area contributed by atoms with E-state index < -0.39 is 0 Å². The highest BCUT2D eigenvalue weighted by Crippen LogP contribution is 2.29. The fraction of sp³-hybridized carbons (Fsp3) is 0.579. The van der Waals surface area contributed by atoms with Crippen LogP contribution in [0.2, 0.25) is 0 Å². The summed E-state index contributed by atoms with van der Waals surface area (Å²) in [5.74, 6) is 0.904. The summed E-state index contributed by atoms with van der Waals surface area (Å²) in [6.45, 7) is 6.28. The number of benzene rings is 1. The van der Waals surface area contributed by atoms with E-state index in [0.29, 0.717) is 13.1 Å². The van der Waals surface area contributed by atoms with E-state index >= 15 is 0 Å². The molecule has 1 aromatic carbocycles. The third-order valence-corrected chi connectivity index (χ3v) is 5.25. The zero-order valence-corrected chi connectivity index (χ0v) is 15.6. The molecular weight excluding hydrogens is 316 g/mol. The first-order valence-electron chi connectivity index (χ1n) is 8.92. The molecule has 6 nitrogen and oxygen atoms in total. The number of oxazole rings is 1. The first-order chi connectivity index (χ1) is 11.9. The molecule has 1 N–H and O–H groups in total. The number of piperidine rings is 1. The molecule has 1 aliphatic heterocycles. The Balaban J connectivity index is 1.63.